The molecule has 1 fully saturated rings. The van der Waals surface area contributed by atoms with Crippen LogP contribution in [0.25, 0.3) is 0 Å². The maximum absolute atomic E-state index is 14.2. The number of piperidine rings is 1. The van der Waals surface area contributed by atoms with Crippen molar-refractivity contribution in [3.63, 3.8) is 0 Å². The van der Waals surface area contributed by atoms with E-state index in [1.165, 1.54) is 12.8 Å². The molecule has 1 aliphatic heterocycles. The molecule has 0 radical (unpaired) electrons. The number of nitrogens with one attached hydrogen (secondary N) is 1. The number of hydrogen-bond donors (Lipinski definition) is 2. The lowest BCUT2D eigenvalue weighted by molar-refractivity contribution is 0.194. The van der Waals surface area contributed by atoms with Crippen molar-refractivity contribution >= 4 is 38.8 Å². The first kappa shape index (κ1) is 15.7. The Bertz CT molecular complexity index is 509. The van der Waals surface area contributed by atoms with Crippen molar-refractivity contribution in [2.45, 2.75) is 25.3 Å². The highest BCUT2D eigenvalue weighted by Gasteiger charge is 2.19. The Morgan fingerprint density at radius 1 is 1.55 bits per heavy atom. The fraction of sp³-hybridized carbons (Fsp3) is 0.500. The minimum absolute atomic E-state index is 0.189. The molecule has 3 N–H and O–H groups in total. The van der Waals surface area contributed by atoms with E-state index in [-0.39, 0.29) is 10.8 Å². The molecule has 0 bridgehead atoms. The van der Waals surface area contributed by atoms with Crippen LogP contribution < -0.4 is 11.1 Å². The van der Waals surface area contributed by atoms with Crippen LogP contribution in [-0.4, -0.2) is 36.1 Å². The lowest BCUT2D eigenvalue weighted by atomic mass is 10.0. The van der Waals surface area contributed by atoms with Gasteiger partial charge in [-0.3, -0.25) is 0 Å². The minimum atomic E-state index is -0.339. The molecule has 2 rings (SSSR count). The summed E-state index contributed by atoms with van der Waals surface area (Å²) in [7, 11) is 2.12. The fourth-order valence-corrected chi connectivity index (χ4v) is 3.37. The summed E-state index contributed by atoms with van der Waals surface area (Å²) in [5.74, 6) is -0.339. The summed E-state index contributed by atoms with van der Waals surface area (Å²) in [6.45, 7) is 1.85. The number of thiocarbonyl (C=S) groups is 1. The summed E-state index contributed by atoms with van der Waals surface area (Å²) in [6.07, 6.45) is 3.63. The smallest absolute Gasteiger partial charge is 0.161 e. The summed E-state index contributed by atoms with van der Waals surface area (Å²) in [6, 6.07) is 3.89. The van der Waals surface area contributed by atoms with E-state index < -0.39 is 0 Å². The zero-order valence-electron chi connectivity index (χ0n) is 11.5. The summed E-state index contributed by atoms with van der Waals surface area (Å²) in [4.78, 5) is 2.52. The number of hydrogen-bond acceptors (Lipinski definition) is 3. The second-order valence-electron chi connectivity index (χ2n) is 5.16. The van der Waals surface area contributed by atoms with Gasteiger partial charge in [-0.1, -0.05) is 18.6 Å². The average Bonchev–Trinajstić information content (AvgIpc) is 2.41. The van der Waals surface area contributed by atoms with Gasteiger partial charge in [-0.15, -0.1) is 0 Å². The third kappa shape index (κ3) is 3.48. The predicted molar refractivity (Wildman–Crippen MR) is 88.7 cm³/mol. The molecule has 0 saturated carbocycles. The highest BCUT2D eigenvalue weighted by Crippen LogP contribution is 2.27. The number of rotatable bonds is 4. The number of nitrogens with two attached hydrogens (primary N) is 1. The van der Waals surface area contributed by atoms with E-state index >= 15 is 0 Å². The molecule has 20 heavy (non-hydrogen) atoms. The quantitative estimate of drug-likeness (QED) is 0.810. The first-order valence-electron chi connectivity index (χ1n) is 6.72. The van der Waals surface area contributed by atoms with Gasteiger partial charge in [-0.25, -0.2) is 4.39 Å². The van der Waals surface area contributed by atoms with E-state index in [2.05, 4.69) is 33.2 Å². The molecular weight excluding hydrogens is 341 g/mol. The number of nitrogens with zero attached hydrogens (tertiary/aromatic N) is 1. The highest BCUT2D eigenvalue weighted by atomic mass is 79.9. The van der Waals surface area contributed by atoms with Crippen molar-refractivity contribution in [3.05, 3.63) is 28.0 Å². The largest absolute Gasteiger partial charge is 0.389 e. The van der Waals surface area contributed by atoms with Crippen LogP contribution in [0.15, 0.2) is 16.6 Å². The molecule has 6 heteroatoms. The SMILES string of the molecule is CN1CCCCC1CNc1ccc(C(N)=S)c(Br)c1F. The third-order valence-electron chi connectivity index (χ3n) is 3.80. The summed E-state index contributed by atoms with van der Waals surface area (Å²) >= 11 is 8.11. The first-order chi connectivity index (χ1) is 9.50. The molecule has 0 amide bonds. The Morgan fingerprint density at radius 2 is 2.30 bits per heavy atom. The van der Waals surface area contributed by atoms with Gasteiger partial charge in [0, 0.05) is 18.2 Å². The van der Waals surface area contributed by atoms with E-state index in [0.717, 1.165) is 19.5 Å². The Morgan fingerprint density at radius 3 is 2.95 bits per heavy atom. The molecule has 1 aliphatic rings. The van der Waals surface area contributed by atoms with E-state index in [0.29, 0.717) is 21.8 Å². The van der Waals surface area contributed by atoms with Gasteiger partial charge in [0.05, 0.1) is 10.2 Å². The van der Waals surface area contributed by atoms with Gasteiger partial charge < -0.3 is 16.0 Å². The number of benzene rings is 1. The zero-order chi connectivity index (χ0) is 14.7. The molecule has 1 aromatic carbocycles. The summed E-state index contributed by atoms with van der Waals surface area (Å²) in [5, 5.41) is 3.19. The molecule has 1 aromatic rings. The zero-order valence-corrected chi connectivity index (χ0v) is 13.9. The minimum Gasteiger partial charge on any atom is -0.389 e. The molecule has 1 atom stereocenters. The second-order valence-corrected chi connectivity index (χ2v) is 6.40. The predicted octanol–water partition coefficient (Wildman–Crippen LogP) is 3.12. The van der Waals surface area contributed by atoms with Crippen LogP contribution in [0, 0.1) is 5.82 Å². The van der Waals surface area contributed by atoms with E-state index in [1.54, 1.807) is 12.1 Å². The van der Waals surface area contributed by atoms with Crippen LogP contribution in [-0.2, 0) is 0 Å². The monoisotopic (exact) mass is 359 g/mol. The fourth-order valence-electron chi connectivity index (χ4n) is 2.51. The van der Waals surface area contributed by atoms with Crippen molar-refractivity contribution in [3.8, 4) is 0 Å². The number of likely N-dealkylation sites (tertiary alicyclic amines) is 1. The molecule has 0 spiro atoms. The van der Waals surface area contributed by atoms with Crippen LogP contribution in [0.4, 0.5) is 10.1 Å². The summed E-state index contributed by atoms with van der Waals surface area (Å²) < 4.78 is 14.6. The van der Waals surface area contributed by atoms with Crippen molar-refractivity contribution in [1.29, 1.82) is 0 Å². The van der Waals surface area contributed by atoms with Crippen LogP contribution in [0.5, 0.6) is 0 Å². The topological polar surface area (TPSA) is 41.3 Å². The van der Waals surface area contributed by atoms with Gasteiger partial charge in [0.2, 0.25) is 0 Å². The molecule has 1 saturated heterocycles. The van der Waals surface area contributed by atoms with Crippen LogP contribution in [0.2, 0.25) is 0 Å². The highest BCUT2D eigenvalue weighted by molar-refractivity contribution is 9.10. The third-order valence-corrected chi connectivity index (χ3v) is 4.79. The first-order valence-corrected chi connectivity index (χ1v) is 7.92. The summed E-state index contributed by atoms with van der Waals surface area (Å²) in [5.41, 5.74) is 6.56. The number of halogens is 2. The van der Waals surface area contributed by atoms with E-state index in [1.807, 2.05) is 0 Å². The van der Waals surface area contributed by atoms with Gasteiger partial charge in [-0.2, -0.15) is 0 Å². The van der Waals surface area contributed by atoms with Crippen molar-refractivity contribution in [2.75, 3.05) is 25.5 Å². The maximum Gasteiger partial charge on any atom is 0.161 e. The van der Waals surface area contributed by atoms with E-state index in [4.69, 9.17) is 18.0 Å². The Balaban J connectivity index is 2.06. The Kier molecular flexibility index (Phi) is 5.35. The average molecular weight is 360 g/mol. The van der Waals surface area contributed by atoms with Gasteiger partial charge in [0.1, 0.15) is 4.99 Å². The molecule has 0 aromatic heterocycles. The lowest BCUT2D eigenvalue weighted by Gasteiger charge is -2.32. The molecule has 110 valence electrons. The molecule has 0 aliphatic carbocycles. The van der Waals surface area contributed by atoms with Crippen molar-refractivity contribution in [2.24, 2.45) is 5.73 Å². The van der Waals surface area contributed by atoms with Gasteiger partial charge >= 0.3 is 0 Å². The second kappa shape index (κ2) is 6.83. The van der Waals surface area contributed by atoms with Crippen molar-refractivity contribution < 1.29 is 4.39 Å². The lowest BCUT2D eigenvalue weighted by Crippen LogP contribution is -2.40. The molecule has 1 heterocycles. The number of anilines is 1. The molecular formula is C14H19BrFN3S. The van der Waals surface area contributed by atoms with Crippen LogP contribution in [0.1, 0.15) is 24.8 Å². The van der Waals surface area contributed by atoms with Gasteiger partial charge in [0.15, 0.2) is 5.82 Å². The van der Waals surface area contributed by atoms with E-state index in [9.17, 15) is 4.39 Å². The number of likely N-dealkylation sites (N-methyl/N-ethyl adjacent to an activating group) is 1. The van der Waals surface area contributed by atoms with Crippen LogP contribution >= 0.6 is 28.1 Å². The molecule has 1 unspecified atom stereocenters. The van der Waals surface area contributed by atoms with Gasteiger partial charge in [-0.05, 0) is 54.5 Å². The van der Waals surface area contributed by atoms with Crippen LogP contribution in [0.3, 0.4) is 0 Å². The standard InChI is InChI=1S/C14H19BrFN3S/c1-19-7-3-2-4-9(19)8-18-11-6-5-10(14(17)20)12(15)13(11)16/h5-6,9,18H,2-4,7-8H2,1H3,(H2,17,20). The molecule has 3 nitrogen and oxygen atoms in total. The Hall–Kier alpha value is -0.720. The normalized spacial score (nSPS) is 19.9. The van der Waals surface area contributed by atoms with Gasteiger partial charge in [0.25, 0.3) is 0 Å². The maximum atomic E-state index is 14.2. The van der Waals surface area contributed by atoms with Crippen molar-refractivity contribution in [1.82, 2.24) is 4.90 Å². The Labute approximate surface area is 132 Å².